The van der Waals surface area contributed by atoms with Crippen molar-refractivity contribution >= 4 is 24.7 Å². The zero-order chi connectivity index (χ0) is 29.7. The smallest absolute Gasteiger partial charge is 0.302 e. The molecule has 226 valence electrons. The molecule has 1 aliphatic heterocycles. The van der Waals surface area contributed by atoms with E-state index in [0.29, 0.717) is 26.2 Å². The van der Waals surface area contributed by atoms with Gasteiger partial charge in [-0.3, -0.25) is 4.79 Å². The highest BCUT2D eigenvalue weighted by molar-refractivity contribution is 6.99. The van der Waals surface area contributed by atoms with Crippen molar-refractivity contribution in [1.29, 1.82) is 0 Å². The topological polar surface area (TPSA) is 74.2 Å². The van der Waals surface area contributed by atoms with Gasteiger partial charge in [0, 0.05) is 20.1 Å². The summed E-state index contributed by atoms with van der Waals surface area (Å²) in [5.74, 6) is -0.249. The van der Waals surface area contributed by atoms with E-state index in [1.54, 1.807) is 0 Å². The minimum absolute atomic E-state index is 0.0513. The van der Waals surface area contributed by atoms with E-state index in [-0.39, 0.29) is 23.2 Å². The fourth-order valence-corrected chi connectivity index (χ4v) is 10.2. The van der Waals surface area contributed by atoms with Crippen LogP contribution in [0.25, 0.3) is 0 Å². The van der Waals surface area contributed by atoms with E-state index >= 15 is 0 Å². The molecule has 0 aromatic heterocycles. The van der Waals surface area contributed by atoms with Gasteiger partial charge in [0.05, 0.1) is 18.8 Å². The van der Waals surface area contributed by atoms with E-state index in [1.165, 1.54) is 17.3 Å². The molecule has 4 atom stereocenters. The number of carbonyl (C=O) groups excluding carboxylic acids is 1. The quantitative estimate of drug-likeness (QED) is 0.125. The third kappa shape index (κ3) is 9.89. The minimum atomic E-state index is -2.55. The first-order valence-electron chi connectivity index (χ1n) is 15.1. The van der Waals surface area contributed by atoms with E-state index in [4.69, 9.17) is 18.6 Å². The zero-order valence-corrected chi connectivity index (χ0v) is 26.6. The van der Waals surface area contributed by atoms with Gasteiger partial charge in [-0.15, -0.1) is 0 Å². The Balaban J connectivity index is 1.63. The van der Waals surface area contributed by atoms with Crippen LogP contribution < -0.4 is 10.4 Å². The number of carbonyl (C=O) groups is 1. The van der Waals surface area contributed by atoms with Gasteiger partial charge in [-0.25, -0.2) is 0 Å². The minimum Gasteiger partial charge on any atom is -0.466 e. The lowest BCUT2D eigenvalue weighted by molar-refractivity contribution is -0.206. The van der Waals surface area contributed by atoms with Crippen LogP contribution >= 0.6 is 0 Å². The van der Waals surface area contributed by atoms with Gasteiger partial charge in [0.1, 0.15) is 0 Å². The third-order valence-electron chi connectivity index (χ3n) is 7.63. The maximum absolute atomic E-state index is 11.2. The summed E-state index contributed by atoms with van der Waals surface area (Å²) in [5.41, 5.74) is 0. The lowest BCUT2D eigenvalue weighted by Gasteiger charge is -2.43. The molecular weight excluding hydrogens is 532 g/mol. The number of esters is 1. The summed E-state index contributed by atoms with van der Waals surface area (Å²) in [7, 11) is -2.55. The normalized spacial score (nSPS) is 18.6. The van der Waals surface area contributed by atoms with Crippen LogP contribution in [0.2, 0.25) is 5.04 Å². The SMILES string of the molecule is CC(=O)OC[C@@H](C)C[C@@H](OC1CCCCO1)[C@@H](O)C=CCCCO[Si](c1ccccc1)(c1ccccc1)C(C)(C)C. The molecule has 0 bridgehead atoms. The molecule has 7 heteroatoms. The third-order valence-corrected chi connectivity index (χ3v) is 12.7. The molecule has 0 saturated carbocycles. The van der Waals surface area contributed by atoms with Crippen molar-refractivity contribution in [2.24, 2.45) is 5.92 Å². The molecule has 1 heterocycles. The molecule has 2 aromatic rings. The Labute approximate surface area is 248 Å². The van der Waals surface area contributed by atoms with Crippen molar-refractivity contribution in [3.63, 3.8) is 0 Å². The van der Waals surface area contributed by atoms with Crippen LogP contribution in [0.15, 0.2) is 72.8 Å². The fraction of sp³-hybridized carbons (Fsp3) is 0.559. The van der Waals surface area contributed by atoms with E-state index in [1.807, 2.05) is 19.1 Å². The van der Waals surface area contributed by atoms with Crippen molar-refractivity contribution < 1.29 is 28.5 Å². The summed E-state index contributed by atoms with van der Waals surface area (Å²) in [6.45, 7) is 11.9. The Hall–Kier alpha value is -2.29. The Morgan fingerprint density at radius 3 is 2.24 bits per heavy atom. The predicted molar refractivity (Wildman–Crippen MR) is 167 cm³/mol. The second-order valence-electron chi connectivity index (χ2n) is 12.2. The average molecular weight is 583 g/mol. The van der Waals surface area contributed by atoms with E-state index in [0.717, 1.165) is 32.1 Å². The molecule has 3 rings (SSSR count). The molecule has 1 N–H and O–H groups in total. The van der Waals surface area contributed by atoms with Crippen LogP contribution in [0.5, 0.6) is 0 Å². The van der Waals surface area contributed by atoms with Crippen molar-refractivity contribution in [3.05, 3.63) is 72.8 Å². The Morgan fingerprint density at radius 2 is 1.71 bits per heavy atom. The Kier molecular flexibility index (Phi) is 13.3. The molecule has 2 aromatic carbocycles. The molecule has 1 unspecified atom stereocenters. The molecule has 1 aliphatic rings. The molecule has 0 amide bonds. The maximum Gasteiger partial charge on any atom is 0.302 e. The number of hydrogen-bond acceptors (Lipinski definition) is 6. The highest BCUT2D eigenvalue weighted by Gasteiger charge is 2.49. The van der Waals surface area contributed by atoms with Gasteiger partial charge in [-0.2, -0.15) is 0 Å². The maximum atomic E-state index is 11.2. The van der Waals surface area contributed by atoms with Gasteiger partial charge in [0.25, 0.3) is 8.32 Å². The number of unbranched alkanes of at least 4 members (excludes halogenated alkanes) is 1. The lowest BCUT2D eigenvalue weighted by atomic mass is 9.99. The van der Waals surface area contributed by atoms with Crippen LogP contribution in [0.3, 0.4) is 0 Å². The molecular formula is C34H50O6Si. The first-order chi connectivity index (χ1) is 19.6. The first kappa shape index (κ1) is 33.2. The number of aliphatic hydroxyl groups excluding tert-OH is 1. The van der Waals surface area contributed by atoms with E-state index in [2.05, 4.69) is 81.4 Å². The molecule has 1 fully saturated rings. The summed E-state index contributed by atoms with van der Waals surface area (Å²) < 4.78 is 24.1. The second kappa shape index (κ2) is 16.4. The number of rotatable bonds is 15. The molecule has 0 spiro atoms. The monoisotopic (exact) mass is 582 g/mol. The van der Waals surface area contributed by atoms with Gasteiger partial charge in [0.15, 0.2) is 6.29 Å². The molecule has 0 radical (unpaired) electrons. The number of aliphatic hydroxyl groups is 1. The largest absolute Gasteiger partial charge is 0.466 e. The highest BCUT2D eigenvalue weighted by atomic mass is 28.4. The molecule has 41 heavy (non-hydrogen) atoms. The summed E-state index contributed by atoms with van der Waals surface area (Å²) in [6.07, 6.45) is 7.43. The van der Waals surface area contributed by atoms with Crippen LogP contribution in [0, 0.1) is 5.92 Å². The molecule has 1 saturated heterocycles. The van der Waals surface area contributed by atoms with Crippen LogP contribution in [-0.2, 0) is 23.4 Å². The van der Waals surface area contributed by atoms with Crippen molar-refractivity contribution in [3.8, 4) is 0 Å². The average Bonchev–Trinajstić information content (AvgIpc) is 2.96. The standard InChI is InChI=1S/C34H50O6Si/c1-27(26-38-28(2)35)25-32(40-33-22-14-16-23-37-33)31(36)21-13-8-15-24-39-41(34(3,4)5,29-17-9-6-10-18-29)30-19-11-7-12-20-30/h6-7,9-13,17-21,27,31-33,36H,8,14-16,22-26H2,1-5H3/t27-,31-,32+,33?/m0/s1. The summed E-state index contributed by atoms with van der Waals surface area (Å²) in [5, 5.41) is 13.5. The van der Waals surface area contributed by atoms with Gasteiger partial charge < -0.3 is 23.7 Å². The van der Waals surface area contributed by atoms with Crippen LogP contribution in [0.1, 0.15) is 73.1 Å². The Morgan fingerprint density at radius 1 is 1.07 bits per heavy atom. The van der Waals surface area contributed by atoms with Crippen molar-refractivity contribution in [2.45, 2.75) is 96.7 Å². The summed E-state index contributed by atoms with van der Waals surface area (Å²) in [6, 6.07) is 21.3. The number of ether oxygens (including phenoxy) is 3. The van der Waals surface area contributed by atoms with Crippen LogP contribution in [-0.4, -0.2) is 57.7 Å². The van der Waals surface area contributed by atoms with Crippen molar-refractivity contribution in [1.82, 2.24) is 0 Å². The second-order valence-corrected chi connectivity index (χ2v) is 16.5. The van der Waals surface area contributed by atoms with Crippen molar-refractivity contribution in [2.75, 3.05) is 19.8 Å². The number of allylic oxidation sites excluding steroid dienone is 1. The lowest BCUT2D eigenvalue weighted by Crippen LogP contribution is -2.66. The van der Waals surface area contributed by atoms with Gasteiger partial charge in [0.2, 0.25) is 0 Å². The van der Waals surface area contributed by atoms with Gasteiger partial charge in [-0.05, 0) is 59.9 Å². The molecule has 0 aliphatic carbocycles. The van der Waals surface area contributed by atoms with Gasteiger partial charge >= 0.3 is 5.97 Å². The van der Waals surface area contributed by atoms with E-state index in [9.17, 15) is 9.90 Å². The van der Waals surface area contributed by atoms with Crippen LogP contribution in [0.4, 0.5) is 0 Å². The first-order valence-corrected chi connectivity index (χ1v) is 17.0. The highest BCUT2D eigenvalue weighted by Crippen LogP contribution is 2.36. The molecule has 6 nitrogen and oxygen atoms in total. The number of benzene rings is 2. The summed E-state index contributed by atoms with van der Waals surface area (Å²) >= 11 is 0. The van der Waals surface area contributed by atoms with E-state index < -0.39 is 20.5 Å². The summed E-state index contributed by atoms with van der Waals surface area (Å²) in [4.78, 5) is 11.2. The van der Waals surface area contributed by atoms with Gasteiger partial charge in [-0.1, -0.05) is 101 Å². The number of hydrogen-bond donors (Lipinski definition) is 1. The Bertz CT molecular complexity index is 1010. The predicted octanol–water partition coefficient (Wildman–Crippen LogP) is 5.76. The fourth-order valence-electron chi connectivity index (χ4n) is 5.56. The zero-order valence-electron chi connectivity index (χ0n) is 25.6.